The first-order valence-electron chi connectivity index (χ1n) is 10.9. The van der Waals surface area contributed by atoms with Crippen LogP contribution in [0.25, 0.3) is 27.7 Å². The number of hydrogen-bond acceptors (Lipinski definition) is 4. The van der Waals surface area contributed by atoms with Gasteiger partial charge in [-0.3, -0.25) is 4.40 Å². The van der Waals surface area contributed by atoms with Crippen molar-refractivity contribution in [2.45, 2.75) is 77.4 Å². The summed E-state index contributed by atoms with van der Waals surface area (Å²) < 4.78 is 8.36. The molecule has 2 unspecified atom stereocenters. The zero-order valence-electron chi connectivity index (χ0n) is 18.6. The van der Waals surface area contributed by atoms with E-state index in [4.69, 9.17) is 19.7 Å². The Kier molecular flexibility index (Phi) is 3.40. The molecule has 3 aromatic heterocycles. The third kappa shape index (κ3) is 2.41. The number of imidazole rings is 1. The molecule has 5 nitrogen and oxygen atoms in total. The van der Waals surface area contributed by atoms with Crippen LogP contribution in [0.2, 0.25) is 0 Å². The summed E-state index contributed by atoms with van der Waals surface area (Å²) in [6, 6.07) is 8.73. The molecular formula is C25H28N4O. The Balaban J connectivity index is 1.76. The lowest BCUT2D eigenvalue weighted by Crippen LogP contribution is -2.20. The number of hydrogen-bond donors (Lipinski definition) is 0. The van der Waals surface area contributed by atoms with Crippen molar-refractivity contribution in [1.82, 2.24) is 19.4 Å². The molecule has 1 aromatic carbocycles. The number of fused-ring (bicyclic) bond motifs is 10. The maximum atomic E-state index is 6.17. The lowest BCUT2D eigenvalue weighted by atomic mass is 9.90. The van der Waals surface area contributed by atoms with Gasteiger partial charge < -0.3 is 4.74 Å². The molecule has 0 amide bonds. The molecule has 5 heteroatoms. The summed E-state index contributed by atoms with van der Waals surface area (Å²) in [6.07, 6.45) is 2.69. The summed E-state index contributed by atoms with van der Waals surface area (Å²) in [5, 5.41) is 1.09. The molecular weight excluding hydrogens is 372 g/mol. The van der Waals surface area contributed by atoms with Gasteiger partial charge in [-0.1, -0.05) is 41.5 Å². The molecule has 0 N–H and O–H groups in total. The molecule has 2 aliphatic rings. The molecule has 1 fully saturated rings. The summed E-state index contributed by atoms with van der Waals surface area (Å²) in [4.78, 5) is 15.3. The van der Waals surface area contributed by atoms with E-state index in [2.05, 4.69) is 70.2 Å². The van der Waals surface area contributed by atoms with Gasteiger partial charge in [0.05, 0.1) is 17.7 Å². The standard InChI is InChI=1S/C25H28N4O/c1-24(2,3)20-10-7-16-22(28-20)29-21(26-16)15-11-13-14(19-9-8-18(13)30-19)12-17(15)27-23(29)25(4,5)6/h7,10-12,18-19H,8-9H2,1-6H3. The average molecular weight is 401 g/mol. The van der Waals surface area contributed by atoms with E-state index >= 15 is 0 Å². The van der Waals surface area contributed by atoms with Gasteiger partial charge in [-0.25, -0.2) is 15.0 Å². The van der Waals surface area contributed by atoms with Crippen molar-refractivity contribution < 1.29 is 4.74 Å². The topological polar surface area (TPSA) is 52.3 Å². The van der Waals surface area contributed by atoms with Gasteiger partial charge in [0, 0.05) is 21.9 Å². The Morgan fingerprint density at radius 1 is 0.800 bits per heavy atom. The van der Waals surface area contributed by atoms with Crippen molar-refractivity contribution in [3.8, 4) is 0 Å². The number of nitrogens with zero attached hydrogens (tertiary/aromatic N) is 4. The summed E-state index contributed by atoms with van der Waals surface area (Å²) in [7, 11) is 0. The van der Waals surface area contributed by atoms with Crippen molar-refractivity contribution >= 4 is 27.7 Å². The summed E-state index contributed by atoms with van der Waals surface area (Å²) in [6.45, 7) is 13.2. The molecule has 2 atom stereocenters. The molecule has 4 aromatic rings. The highest BCUT2D eigenvalue weighted by Crippen LogP contribution is 2.51. The average Bonchev–Trinajstić information content (AvgIpc) is 3.37. The van der Waals surface area contributed by atoms with Crippen LogP contribution in [0, 0.1) is 0 Å². The van der Waals surface area contributed by atoms with Gasteiger partial charge in [0.15, 0.2) is 5.65 Å². The Hall–Kier alpha value is -2.53. The first kappa shape index (κ1) is 18.3. The third-order valence-corrected chi connectivity index (χ3v) is 6.54. The fourth-order valence-corrected chi connectivity index (χ4v) is 4.97. The predicted molar refractivity (Wildman–Crippen MR) is 119 cm³/mol. The first-order valence-corrected chi connectivity index (χ1v) is 10.9. The second kappa shape index (κ2) is 5.58. The molecule has 0 saturated carbocycles. The monoisotopic (exact) mass is 400 g/mol. The Bertz CT molecular complexity index is 1350. The van der Waals surface area contributed by atoms with Crippen LogP contribution < -0.4 is 0 Å². The van der Waals surface area contributed by atoms with Gasteiger partial charge >= 0.3 is 0 Å². The smallest absolute Gasteiger partial charge is 0.166 e. The Morgan fingerprint density at radius 2 is 1.50 bits per heavy atom. The molecule has 0 aliphatic carbocycles. The minimum absolute atomic E-state index is 0.0259. The van der Waals surface area contributed by atoms with Crippen LogP contribution in [0.4, 0.5) is 0 Å². The van der Waals surface area contributed by atoms with Crippen molar-refractivity contribution in [3.63, 3.8) is 0 Å². The summed E-state index contributed by atoms with van der Waals surface area (Å²) in [5.41, 5.74) is 7.31. The second-order valence-corrected chi connectivity index (χ2v) is 10.9. The van der Waals surface area contributed by atoms with E-state index < -0.39 is 0 Å². The number of ether oxygens (including phenoxy) is 1. The normalized spacial score (nSPS) is 21.3. The second-order valence-electron chi connectivity index (χ2n) is 10.9. The van der Waals surface area contributed by atoms with Crippen LogP contribution in [-0.4, -0.2) is 19.4 Å². The van der Waals surface area contributed by atoms with E-state index in [9.17, 15) is 0 Å². The minimum Gasteiger partial charge on any atom is -0.366 e. The van der Waals surface area contributed by atoms with E-state index in [0.29, 0.717) is 0 Å². The maximum Gasteiger partial charge on any atom is 0.166 e. The molecule has 0 radical (unpaired) electrons. The first-order chi connectivity index (χ1) is 14.1. The van der Waals surface area contributed by atoms with E-state index in [0.717, 1.165) is 52.1 Å². The molecule has 2 aliphatic heterocycles. The number of benzene rings is 1. The minimum atomic E-state index is -0.145. The van der Waals surface area contributed by atoms with Gasteiger partial charge in [0.2, 0.25) is 0 Å². The van der Waals surface area contributed by atoms with Crippen molar-refractivity contribution in [2.75, 3.05) is 0 Å². The lowest BCUT2D eigenvalue weighted by Gasteiger charge is -2.22. The van der Waals surface area contributed by atoms with Crippen LogP contribution in [0.3, 0.4) is 0 Å². The van der Waals surface area contributed by atoms with Crippen LogP contribution in [0.1, 0.15) is 89.2 Å². The SMILES string of the molecule is CC(C)(C)c1ccc2nc3c4cc5c(cc4nc(C(C)(C)C)n3c2n1)C1CCC5O1. The number of rotatable bonds is 0. The molecule has 0 spiro atoms. The van der Waals surface area contributed by atoms with Gasteiger partial charge in [0.25, 0.3) is 0 Å². The van der Waals surface area contributed by atoms with Crippen molar-refractivity contribution in [2.24, 2.45) is 0 Å². The van der Waals surface area contributed by atoms with Gasteiger partial charge in [-0.05, 0) is 48.2 Å². The van der Waals surface area contributed by atoms with E-state index in [1.54, 1.807) is 0 Å². The predicted octanol–water partition coefficient (Wildman–Crippen LogP) is 5.93. The quantitative estimate of drug-likeness (QED) is 0.367. The number of pyridine rings is 1. The third-order valence-electron chi connectivity index (χ3n) is 6.54. The zero-order valence-corrected chi connectivity index (χ0v) is 18.6. The van der Waals surface area contributed by atoms with Gasteiger partial charge in [-0.2, -0.15) is 0 Å². The molecule has 2 bridgehead atoms. The summed E-state index contributed by atoms with van der Waals surface area (Å²) >= 11 is 0. The lowest BCUT2D eigenvalue weighted by molar-refractivity contribution is 0.0717. The Labute approximate surface area is 176 Å². The van der Waals surface area contributed by atoms with Gasteiger partial charge in [-0.15, -0.1) is 0 Å². The fraction of sp³-hybridized carbons (Fsp3) is 0.480. The molecule has 5 heterocycles. The highest BCUT2D eigenvalue weighted by atomic mass is 16.5. The number of aromatic nitrogens is 4. The van der Waals surface area contributed by atoms with Crippen LogP contribution in [0.5, 0.6) is 0 Å². The molecule has 154 valence electrons. The highest BCUT2D eigenvalue weighted by Gasteiger charge is 2.38. The maximum absolute atomic E-state index is 6.17. The van der Waals surface area contributed by atoms with Crippen molar-refractivity contribution in [1.29, 1.82) is 0 Å². The van der Waals surface area contributed by atoms with Crippen molar-refractivity contribution in [3.05, 3.63) is 46.9 Å². The van der Waals surface area contributed by atoms with E-state index in [-0.39, 0.29) is 23.0 Å². The van der Waals surface area contributed by atoms with E-state index in [1.165, 1.54) is 11.1 Å². The zero-order chi connectivity index (χ0) is 21.0. The fourth-order valence-electron chi connectivity index (χ4n) is 4.97. The highest BCUT2D eigenvalue weighted by molar-refractivity contribution is 5.97. The van der Waals surface area contributed by atoms with Crippen LogP contribution in [-0.2, 0) is 15.6 Å². The van der Waals surface area contributed by atoms with Crippen LogP contribution >= 0.6 is 0 Å². The summed E-state index contributed by atoms with van der Waals surface area (Å²) in [5.74, 6) is 0.995. The molecule has 30 heavy (non-hydrogen) atoms. The van der Waals surface area contributed by atoms with E-state index in [1.807, 2.05) is 0 Å². The van der Waals surface area contributed by atoms with Crippen LogP contribution in [0.15, 0.2) is 24.3 Å². The molecule has 1 saturated heterocycles. The largest absolute Gasteiger partial charge is 0.366 e. The van der Waals surface area contributed by atoms with Gasteiger partial charge in [0.1, 0.15) is 17.0 Å². The molecule has 6 rings (SSSR count). The Morgan fingerprint density at radius 3 is 2.17 bits per heavy atom.